The highest BCUT2D eigenvalue weighted by molar-refractivity contribution is 5.67. The number of aliphatic carboxylic acids is 1. The van der Waals surface area contributed by atoms with Crippen molar-refractivity contribution in [3.8, 4) is 0 Å². The lowest BCUT2D eigenvalue weighted by Gasteiger charge is -2.34. The van der Waals surface area contributed by atoms with Gasteiger partial charge in [0.1, 0.15) is 5.82 Å². The number of aromatic nitrogens is 2. The lowest BCUT2D eigenvalue weighted by Crippen LogP contribution is -2.45. The summed E-state index contributed by atoms with van der Waals surface area (Å²) in [6.45, 7) is 4.78. The predicted octanol–water partition coefficient (Wildman–Crippen LogP) is 1.43. The molecule has 1 saturated heterocycles. The maximum atomic E-state index is 10.9. The number of imidazole rings is 1. The number of carboxylic acids is 1. The first-order chi connectivity index (χ1) is 9.69. The SMILES string of the molecule is CCCCc1ncc(CN2CCOCC2CC(=O)O)[nH]1. The predicted molar refractivity (Wildman–Crippen MR) is 74.5 cm³/mol. The summed E-state index contributed by atoms with van der Waals surface area (Å²) in [5, 5.41) is 8.95. The molecule has 1 aromatic heterocycles. The second-order valence-electron chi connectivity index (χ2n) is 5.26. The molecule has 2 N–H and O–H groups in total. The Labute approximate surface area is 119 Å². The van der Waals surface area contributed by atoms with Crippen LogP contribution in [0.15, 0.2) is 6.20 Å². The summed E-state index contributed by atoms with van der Waals surface area (Å²) in [6, 6.07) is -0.0522. The van der Waals surface area contributed by atoms with E-state index in [1.807, 2.05) is 6.20 Å². The summed E-state index contributed by atoms with van der Waals surface area (Å²) in [6.07, 6.45) is 5.24. The topological polar surface area (TPSA) is 78.5 Å². The summed E-state index contributed by atoms with van der Waals surface area (Å²) in [4.78, 5) is 20.8. The van der Waals surface area contributed by atoms with Crippen LogP contribution >= 0.6 is 0 Å². The Morgan fingerprint density at radius 3 is 3.25 bits per heavy atom. The van der Waals surface area contributed by atoms with Crippen molar-refractivity contribution < 1.29 is 14.6 Å². The summed E-state index contributed by atoms with van der Waals surface area (Å²) in [7, 11) is 0. The third-order valence-electron chi connectivity index (χ3n) is 3.58. The molecule has 112 valence electrons. The number of nitrogens with zero attached hydrogens (tertiary/aromatic N) is 2. The van der Waals surface area contributed by atoms with Gasteiger partial charge in [0.05, 0.1) is 19.6 Å². The zero-order valence-corrected chi connectivity index (χ0v) is 12.0. The second-order valence-corrected chi connectivity index (χ2v) is 5.26. The lowest BCUT2D eigenvalue weighted by atomic mass is 10.1. The normalized spacial score (nSPS) is 20.1. The third-order valence-corrected chi connectivity index (χ3v) is 3.58. The van der Waals surface area contributed by atoms with E-state index in [0.29, 0.717) is 19.8 Å². The van der Waals surface area contributed by atoms with E-state index in [1.54, 1.807) is 0 Å². The van der Waals surface area contributed by atoms with E-state index in [0.717, 1.165) is 37.3 Å². The zero-order chi connectivity index (χ0) is 14.4. The number of hydrogen-bond donors (Lipinski definition) is 2. The maximum Gasteiger partial charge on any atom is 0.305 e. The minimum absolute atomic E-state index is 0.0522. The number of morpholine rings is 1. The smallest absolute Gasteiger partial charge is 0.305 e. The van der Waals surface area contributed by atoms with Gasteiger partial charge in [-0.2, -0.15) is 0 Å². The molecular formula is C14H23N3O3. The van der Waals surface area contributed by atoms with Gasteiger partial charge < -0.3 is 14.8 Å². The van der Waals surface area contributed by atoms with Gasteiger partial charge in [0.15, 0.2) is 0 Å². The van der Waals surface area contributed by atoms with Gasteiger partial charge in [-0.1, -0.05) is 13.3 Å². The number of rotatable bonds is 7. The number of H-pyrrole nitrogens is 1. The Morgan fingerprint density at radius 1 is 1.65 bits per heavy atom. The van der Waals surface area contributed by atoms with Gasteiger partial charge in [0.2, 0.25) is 0 Å². The molecule has 6 heteroatoms. The Kier molecular flexibility index (Phi) is 5.55. The van der Waals surface area contributed by atoms with Crippen LogP contribution in [0.25, 0.3) is 0 Å². The molecule has 1 aliphatic heterocycles. The summed E-state index contributed by atoms with van der Waals surface area (Å²) in [5.41, 5.74) is 1.05. The molecule has 0 spiro atoms. The zero-order valence-electron chi connectivity index (χ0n) is 12.0. The van der Waals surface area contributed by atoms with E-state index in [9.17, 15) is 4.79 Å². The number of carbonyl (C=O) groups is 1. The summed E-state index contributed by atoms with van der Waals surface area (Å²) >= 11 is 0. The quantitative estimate of drug-likeness (QED) is 0.790. The highest BCUT2D eigenvalue weighted by Gasteiger charge is 2.25. The largest absolute Gasteiger partial charge is 0.481 e. The van der Waals surface area contributed by atoms with Crippen molar-refractivity contribution in [2.24, 2.45) is 0 Å². The van der Waals surface area contributed by atoms with Crippen LogP contribution in [-0.2, 0) is 22.5 Å². The number of nitrogens with one attached hydrogen (secondary N) is 1. The first kappa shape index (κ1) is 15.0. The monoisotopic (exact) mass is 281 g/mol. The molecule has 0 aliphatic carbocycles. The van der Waals surface area contributed by atoms with Crippen molar-refractivity contribution in [3.05, 3.63) is 17.7 Å². The summed E-state index contributed by atoms with van der Waals surface area (Å²) in [5.74, 6) is 0.239. The van der Waals surface area contributed by atoms with Crippen LogP contribution in [0.1, 0.15) is 37.7 Å². The van der Waals surface area contributed by atoms with Crippen LogP contribution in [0.4, 0.5) is 0 Å². The van der Waals surface area contributed by atoms with Crippen LogP contribution in [0.3, 0.4) is 0 Å². The number of aryl methyl sites for hydroxylation is 1. The molecule has 1 fully saturated rings. The molecule has 0 amide bonds. The first-order valence-corrected chi connectivity index (χ1v) is 7.25. The Bertz CT molecular complexity index is 433. The van der Waals surface area contributed by atoms with E-state index in [1.165, 1.54) is 0 Å². The van der Waals surface area contributed by atoms with Crippen molar-refractivity contribution in [2.75, 3.05) is 19.8 Å². The van der Waals surface area contributed by atoms with Gasteiger partial charge in [-0.25, -0.2) is 4.98 Å². The number of unbranched alkanes of at least 4 members (excludes halogenated alkanes) is 1. The van der Waals surface area contributed by atoms with Crippen LogP contribution in [-0.4, -0.2) is 51.7 Å². The molecule has 2 heterocycles. The Morgan fingerprint density at radius 2 is 2.50 bits per heavy atom. The van der Waals surface area contributed by atoms with E-state index in [4.69, 9.17) is 9.84 Å². The fourth-order valence-corrected chi connectivity index (χ4v) is 2.46. The lowest BCUT2D eigenvalue weighted by molar-refractivity contribution is -0.140. The van der Waals surface area contributed by atoms with Crippen LogP contribution < -0.4 is 0 Å². The number of aromatic amines is 1. The fraction of sp³-hybridized carbons (Fsp3) is 0.714. The highest BCUT2D eigenvalue weighted by atomic mass is 16.5. The van der Waals surface area contributed by atoms with Gasteiger partial charge in [0, 0.05) is 37.4 Å². The molecule has 0 radical (unpaired) electrons. The second kappa shape index (κ2) is 7.40. The van der Waals surface area contributed by atoms with Crippen molar-refractivity contribution >= 4 is 5.97 Å². The van der Waals surface area contributed by atoms with Crippen molar-refractivity contribution in [3.63, 3.8) is 0 Å². The van der Waals surface area contributed by atoms with Crippen LogP contribution in [0.5, 0.6) is 0 Å². The molecule has 6 nitrogen and oxygen atoms in total. The Hall–Kier alpha value is -1.40. The minimum atomic E-state index is -0.779. The molecule has 1 unspecified atom stereocenters. The fourth-order valence-electron chi connectivity index (χ4n) is 2.46. The molecule has 2 rings (SSSR count). The van der Waals surface area contributed by atoms with Crippen molar-refractivity contribution in [1.29, 1.82) is 0 Å². The summed E-state index contributed by atoms with van der Waals surface area (Å²) < 4.78 is 5.38. The van der Waals surface area contributed by atoms with Gasteiger partial charge >= 0.3 is 5.97 Å². The van der Waals surface area contributed by atoms with Gasteiger partial charge in [0.25, 0.3) is 0 Å². The van der Waals surface area contributed by atoms with E-state index in [-0.39, 0.29) is 12.5 Å². The first-order valence-electron chi connectivity index (χ1n) is 7.25. The van der Waals surface area contributed by atoms with Gasteiger partial charge in [-0.15, -0.1) is 0 Å². The average Bonchev–Trinajstić information content (AvgIpc) is 2.86. The van der Waals surface area contributed by atoms with Gasteiger partial charge in [-0.05, 0) is 6.42 Å². The molecule has 0 aromatic carbocycles. The van der Waals surface area contributed by atoms with Gasteiger partial charge in [-0.3, -0.25) is 9.69 Å². The van der Waals surface area contributed by atoms with Crippen LogP contribution in [0.2, 0.25) is 0 Å². The number of carboxylic acid groups (broad SMARTS) is 1. The molecule has 1 aromatic rings. The molecule has 1 atom stereocenters. The standard InChI is InChI=1S/C14H23N3O3/c1-2-3-4-13-15-8-11(16-13)9-17-5-6-20-10-12(17)7-14(18)19/h8,12H,2-7,9-10H2,1H3,(H,15,16)(H,18,19). The minimum Gasteiger partial charge on any atom is -0.481 e. The maximum absolute atomic E-state index is 10.9. The molecular weight excluding hydrogens is 258 g/mol. The van der Waals surface area contributed by atoms with E-state index in [2.05, 4.69) is 21.8 Å². The van der Waals surface area contributed by atoms with Crippen molar-refractivity contribution in [1.82, 2.24) is 14.9 Å². The number of hydrogen-bond acceptors (Lipinski definition) is 4. The van der Waals surface area contributed by atoms with Crippen LogP contribution in [0, 0.1) is 0 Å². The van der Waals surface area contributed by atoms with E-state index < -0.39 is 5.97 Å². The highest BCUT2D eigenvalue weighted by Crippen LogP contribution is 2.14. The molecule has 20 heavy (non-hydrogen) atoms. The van der Waals surface area contributed by atoms with E-state index >= 15 is 0 Å². The molecule has 0 bridgehead atoms. The van der Waals surface area contributed by atoms with Crippen molar-refractivity contribution in [2.45, 2.75) is 45.2 Å². The third kappa shape index (κ3) is 4.31. The number of ether oxygens (including phenoxy) is 1. The average molecular weight is 281 g/mol. The molecule has 1 aliphatic rings. The Balaban J connectivity index is 1.92. The molecule has 0 saturated carbocycles.